The van der Waals surface area contributed by atoms with Crippen molar-refractivity contribution >= 4 is 18.7 Å². The average Bonchev–Trinajstić information content (AvgIpc) is 2.64. The summed E-state index contributed by atoms with van der Waals surface area (Å²) in [5.41, 5.74) is -0.693. The van der Waals surface area contributed by atoms with Crippen LogP contribution in [0.1, 0.15) is 53.0 Å². The highest BCUT2D eigenvalue weighted by Gasteiger charge is 2.54. The summed E-state index contributed by atoms with van der Waals surface area (Å²) in [7, 11) is -0.452. The third-order valence-corrected chi connectivity index (χ3v) is 5.70. The first-order valence-corrected chi connectivity index (χ1v) is 8.56. The summed E-state index contributed by atoms with van der Waals surface area (Å²) >= 11 is 0. The highest BCUT2D eigenvalue weighted by atomic mass is 16.7. The lowest BCUT2D eigenvalue weighted by atomic mass is 9.62. The predicted molar refractivity (Wildman–Crippen MR) is 94.9 cm³/mol. The van der Waals surface area contributed by atoms with Crippen molar-refractivity contribution in [1.29, 1.82) is 0 Å². The Bertz CT molecular complexity index is 659. The molecule has 1 saturated heterocycles. The van der Waals surface area contributed by atoms with Crippen molar-refractivity contribution < 1.29 is 24.3 Å². The first-order valence-electron chi connectivity index (χ1n) is 8.56. The Hall–Kier alpha value is -1.57. The number of hydrogen-bond acceptors (Lipinski definition) is 4. The number of carbonyl (C=O) groups is 1. The second-order valence-corrected chi connectivity index (χ2v) is 8.57. The van der Waals surface area contributed by atoms with Crippen molar-refractivity contribution in [2.45, 2.75) is 69.8 Å². The molecule has 1 aliphatic heterocycles. The molecule has 1 saturated carbocycles. The Morgan fingerprint density at radius 2 is 1.52 bits per heavy atom. The Morgan fingerprint density at radius 3 is 1.92 bits per heavy atom. The normalized spacial score (nSPS) is 33.0. The van der Waals surface area contributed by atoms with Gasteiger partial charge in [-0.25, -0.2) is 4.79 Å². The number of rotatable bonds is 3. The van der Waals surface area contributed by atoms with Gasteiger partial charge in [-0.05, 0) is 45.6 Å². The van der Waals surface area contributed by atoms with Crippen LogP contribution in [0.4, 0.5) is 4.79 Å². The monoisotopic (exact) mass is 347 g/mol. The minimum Gasteiger partial charge on any atom is -0.465 e. The maximum absolute atomic E-state index is 11.2. The maximum Gasteiger partial charge on any atom is 0.494 e. The van der Waals surface area contributed by atoms with E-state index in [0.717, 1.165) is 11.0 Å². The van der Waals surface area contributed by atoms with E-state index in [2.05, 4.69) is 5.32 Å². The van der Waals surface area contributed by atoms with Gasteiger partial charge < -0.3 is 24.8 Å². The lowest BCUT2D eigenvalue weighted by molar-refractivity contribution is -0.0858. The highest BCUT2D eigenvalue weighted by Crippen LogP contribution is 2.48. The molecule has 3 N–H and O–H groups in total. The van der Waals surface area contributed by atoms with Crippen molar-refractivity contribution in [1.82, 2.24) is 5.32 Å². The summed E-state index contributed by atoms with van der Waals surface area (Å²) in [5.74, 6) is 0. The zero-order valence-corrected chi connectivity index (χ0v) is 15.4. The molecule has 1 heterocycles. The van der Waals surface area contributed by atoms with Gasteiger partial charge in [-0.1, -0.05) is 24.3 Å². The van der Waals surface area contributed by atoms with Crippen molar-refractivity contribution in [3.8, 4) is 0 Å². The first-order chi connectivity index (χ1) is 11.4. The summed E-state index contributed by atoms with van der Waals surface area (Å²) in [6.07, 6.45) is -0.393. The summed E-state index contributed by atoms with van der Waals surface area (Å²) < 4.78 is 12.1. The fourth-order valence-electron chi connectivity index (χ4n) is 3.76. The van der Waals surface area contributed by atoms with E-state index in [1.807, 2.05) is 52.0 Å². The van der Waals surface area contributed by atoms with Crippen molar-refractivity contribution in [3.05, 3.63) is 29.8 Å². The summed E-state index contributed by atoms with van der Waals surface area (Å²) in [5, 5.41) is 21.8. The minimum absolute atomic E-state index is 0.349. The van der Waals surface area contributed by atoms with Gasteiger partial charge in [0.15, 0.2) is 0 Å². The molecule has 25 heavy (non-hydrogen) atoms. The second-order valence-electron chi connectivity index (χ2n) is 8.57. The van der Waals surface area contributed by atoms with Crippen LogP contribution < -0.4 is 10.8 Å². The topological polar surface area (TPSA) is 88.0 Å². The molecule has 0 spiro atoms. The summed E-state index contributed by atoms with van der Waals surface area (Å²) in [4.78, 5) is 11.2. The minimum atomic E-state index is -1.09. The Balaban J connectivity index is 1.82. The smallest absolute Gasteiger partial charge is 0.465 e. The van der Waals surface area contributed by atoms with Crippen molar-refractivity contribution in [2.75, 3.05) is 0 Å². The first kappa shape index (κ1) is 18.2. The van der Waals surface area contributed by atoms with Crippen LogP contribution in [0.2, 0.25) is 0 Å². The van der Waals surface area contributed by atoms with Gasteiger partial charge in [0.25, 0.3) is 0 Å². The molecular weight excluding hydrogens is 321 g/mol. The molecule has 0 bridgehead atoms. The Morgan fingerprint density at radius 1 is 1.04 bits per heavy atom. The number of aliphatic hydroxyl groups is 1. The largest absolute Gasteiger partial charge is 0.494 e. The van der Waals surface area contributed by atoms with Crippen LogP contribution in [0.5, 0.6) is 0 Å². The fraction of sp³-hybridized carbons (Fsp3) is 0.611. The van der Waals surface area contributed by atoms with E-state index in [9.17, 15) is 9.90 Å². The van der Waals surface area contributed by atoms with Crippen LogP contribution in [-0.4, -0.2) is 40.2 Å². The maximum atomic E-state index is 11.2. The van der Waals surface area contributed by atoms with Gasteiger partial charge in [0, 0.05) is 12.8 Å². The highest BCUT2D eigenvalue weighted by molar-refractivity contribution is 6.62. The van der Waals surface area contributed by atoms with E-state index in [1.165, 1.54) is 0 Å². The van der Waals surface area contributed by atoms with Gasteiger partial charge in [0.2, 0.25) is 0 Å². The predicted octanol–water partition coefficient (Wildman–Crippen LogP) is 1.99. The number of amides is 1. The standard InChI is InChI=1S/C18H26BNO5/c1-15(2)16(3,4)25-19(24-15)13-8-6-12(7-9-13)18(20-14(21)22)10-17(5,23)11-18/h6-9,20,23H,10-11H2,1-5H3,(H,21,22). The molecule has 136 valence electrons. The van der Waals surface area contributed by atoms with Gasteiger partial charge in [-0.2, -0.15) is 0 Å². The van der Waals surface area contributed by atoms with Crippen LogP contribution in [0, 0.1) is 0 Å². The molecule has 0 aromatic heterocycles. The van der Waals surface area contributed by atoms with Crippen LogP contribution in [0.3, 0.4) is 0 Å². The molecule has 2 aliphatic rings. The molecule has 1 aromatic rings. The average molecular weight is 347 g/mol. The molecule has 1 aromatic carbocycles. The van der Waals surface area contributed by atoms with E-state index in [0.29, 0.717) is 12.8 Å². The quantitative estimate of drug-likeness (QED) is 0.728. The number of benzene rings is 1. The van der Waals surface area contributed by atoms with Gasteiger partial charge in [0.05, 0.1) is 22.3 Å². The Kier molecular flexibility index (Phi) is 3.98. The van der Waals surface area contributed by atoms with E-state index in [4.69, 9.17) is 14.4 Å². The van der Waals surface area contributed by atoms with Crippen LogP contribution in [-0.2, 0) is 14.8 Å². The molecule has 6 nitrogen and oxygen atoms in total. The Labute approximate surface area is 148 Å². The van der Waals surface area contributed by atoms with Gasteiger partial charge >= 0.3 is 13.2 Å². The van der Waals surface area contributed by atoms with E-state index < -0.39 is 35.6 Å². The van der Waals surface area contributed by atoms with E-state index >= 15 is 0 Å². The third kappa shape index (κ3) is 3.16. The molecule has 1 amide bonds. The van der Waals surface area contributed by atoms with Crippen molar-refractivity contribution in [2.24, 2.45) is 0 Å². The molecule has 3 rings (SSSR count). The molecule has 0 radical (unpaired) electrons. The SMILES string of the molecule is CC1(O)CC(NC(=O)O)(c2ccc(B3OC(C)(C)C(C)(C)O3)cc2)C1. The molecule has 7 heteroatoms. The van der Waals surface area contributed by atoms with Gasteiger partial charge in [-0.3, -0.25) is 0 Å². The number of nitrogens with one attached hydrogen (secondary N) is 1. The van der Waals surface area contributed by atoms with E-state index in [-0.39, 0.29) is 0 Å². The third-order valence-electron chi connectivity index (χ3n) is 5.70. The van der Waals surface area contributed by atoms with E-state index in [1.54, 1.807) is 6.92 Å². The molecule has 1 aliphatic carbocycles. The van der Waals surface area contributed by atoms with Crippen LogP contribution >= 0.6 is 0 Å². The molecular formula is C18H26BNO5. The number of hydrogen-bond donors (Lipinski definition) is 3. The zero-order valence-electron chi connectivity index (χ0n) is 15.4. The second kappa shape index (κ2) is 5.46. The van der Waals surface area contributed by atoms with Crippen LogP contribution in [0.15, 0.2) is 24.3 Å². The summed E-state index contributed by atoms with van der Waals surface area (Å²) in [6.45, 7) is 9.73. The molecule has 0 atom stereocenters. The summed E-state index contributed by atoms with van der Waals surface area (Å²) in [6, 6.07) is 7.56. The lowest BCUT2D eigenvalue weighted by Gasteiger charge is -2.51. The molecule has 2 fully saturated rings. The lowest BCUT2D eigenvalue weighted by Crippen LogP contribution is -2.61. The fourth-order valence-corrected chi connectivity index (χ4v) is 3.76. The zero-order chi connectivity index (χ0) is 18.7. The molecule has 0 unspecified atom stereocenters. The number of carboxylic acid groups (broad SMARTS) is 1. The van der Waals surface area contributed by atoms with Crippen LogP contribution in [0.25, 0.3) is 0 Å². The van der Waals surface area contributed by atoms with Crippen molar-refractivity contribution in [3.63, 3.8) is 0 Å². The van der Waals surface area contributed by atoms with Gasteiger partial charge in [-0.15, -0.1) is 0 Å². The van der Waals surface area contributed by atoms with Gasteiger partial charge in [0.1, 0.15) is 0 Å².